The normalized spacial score (nSPS) is 19.8. The van der Waals surface area contributed by atoms with Gasteiger partial charge in [0.05, 0.1) is 13.0 Å². The van der Waals surface area contributed by atoms with Crippen LogP contribution in [0.4, 0.5) is 5.82 Å². The van der Waals surface area contributed by atoms with Gasteiger partial charge in [0, 0.05) is 31.9 Å². The molecule has 98 valence electrons. The van der Waals surface area contributed by atoms with Crippen molar-refractivity contribution < 1.29 is 9.53 Å². The van der Waals surface area contributed by atoms with Crippen molar-refractivity contribution in [3.8, 4) is 0 Å². The van der Waals surface area contributed by atoms with Crippen LogP contribution in [0.3, 0.4) is 0 Å². The van der Waals surface area contributed by atoms with Gasteiger partial charge in [0.15, 0.2) is 0 Å². The van der Waals surface area contributed by atoms with Gasteiger partial charge in [-0.1, -0.05) is 6.07 Å². The Labute approximate surface area is 107 Å². The molecule has 1 fully saturated rings. The lowest BCUT2D eigenvalue weighted by Crippen LogP contribution is -2.24. The standard InChI is InChI=1S/C13H19N3O2/c1-14-12-10(4-3-6-15-12)8-16-7-5-11(9-16)13(17)18-2/h3-4,6,11H,5,7-9H2,1-2H3,(H,14,15). The number of carbonyl (C=O) groups excluding carboxylic acids is 1. The molecule has 1 aliphatic rings. The molecular weight excluding hydrogens is 230 g/mol. The van der Waals surface area contributed by atoms with Crippen molar-refractivity contribution in [2.45, 2.75) is 13.0 Å². The second-order valence-corrected chi connectivity index (χ2v) is 4.51. The Morgan fingerprint density at radius 1 is 1.67 bits per heavy atom. The highest BCUT2D eigenvalue weighted by Crippen LogP contribution is 2.21. The summed E-state index contributed by atoms with van der Waals surface area (Å²) in [4.78, 5) is 18.0. The number of carbonyl (C=O) groups is 1. The van der Waals surface area contributed by atoms with Gasteiger partial charge in [-0.2, -0.15) is 0 Å². The molecule has 5 heteroatoms. The minimum Gasteiger partial charge on any atom is -0.469 e. The van der Waals surface area contributed by atoms with E-state index in [-0.39, 0.29) is 11.9 Å². The third kappa shape index (κ3) is 2.79. The van der Waals surface area contributed by atoms with E-state index >= 15 is 0 Å². The Morgan fingerprint density at radius 2 is 2.50 bits per heavy atom. The van der Waals surface area contributed by atoms with Crippen molar-refractivity contribution in [2.75, 3.05) is 32.6 Å². The van der Waals surface area contributed by atoms with E-state index in [1.165, 1.54) is 7.11 Å². The van der Waals surface area contributed by atoms with Crippen LogP contribution in [0.1, 0.15) is 12.0 Å². The number of aromatic nitrogens is 1. The van der Waals surface area contributed by atoms with Crippen molar-refractivity contribution in [3.05, 3.63) is 23.9 Å². The molecule has 0 aromatic carbocycles. The summed E-state index contributed by atoms with van der Waals surface area (Å²) >= 11 is 0. The fraction of sp³-hybridized carbons (Fsp3) is 0.538. The minimum absolute atomic E-state index is 0.0182. The average molecular weight is 249 g/mol. The van der Waals surface area contributed by atoms with Gasteiger partial charge in [-0.25, -0.2) is 4.98 Å². The maximum absolute atomic E-state index is 11.5. The Kier molecular flexibility index (Phi) is 4.15. The number of nitrogens with one attached hydrogen (secondary N) is 1. The fourth-order valence-electron chi connectivity index (χ4n) is 2.37. The van der Waals surface area contributed by atoms with Gasteiger partial charge in [0.1, 0.15) is 5.82 Å². The van der Waals surface area contributed by atoms with E-state index in [9.17, 15) is 4.79 Å². The van der Waals surface area contributed by atoms with Gasteiger partial charge >= 0.3 is 5.97 Å². The van der Waals surface area contributed by atoms with Gasteiger partial charge < -0.3 is 10.1 Å². The first kappa shape index (κ1) is 12.8. The number of pyridine rings is 1. The van der Waals surface area contributed by atoms with Crippen LogP contribution in [0.2, 0.25) is 0 Å². The Balaban J connectivity index is 1.97. The summed E-state index contributed by atoms with van der Waals surface area (Å²) in [7, 11) is 3.32. The van der Waals surface area contributed by atoms with E-state index in [1.54, 1.807) is 6.20 Å². The number of esters is 1. The molecule has 1 aromatic heterocycles. The first-order chi connectivity index (χ1) is 8.74. The van der Waals surface area contributed by atoms with Crippen molar-refractivity contribution in [3.63, 3.8) is 0 Å². The van der Waals surface area contributed by atoms with Gasteiger partial charge in [-0.05, 0) is 19.0 Å². The van der Waals surface area contributed by atoms with Gasteiger partial charge in [0.25, 0.3) is 0 Å². The lowest BCUT2D eigenvalue weighted by molar-refractivity contribution is -0.144. The molecule has 1 aliphatic heterocycles. The summed E-state index contributed by atoms with van der Waals surface area (Å²) in [5, 5.41) is 3.09. The van der Waals surface area contributed by atoms with Crippen molar-refractivity contribution >= 4 is 11.8 Å². The second kappa shape index (κ2) is 5.82. The summed E-state index contributed by atoms with van der Waals surface area (Å²) in [6.45, 7) is 2.51. The summed E-state index contributed by atoms with van der Waals surface area (Å²) in [5.74, 6) is 0.821. The van der Waals surface area contributed by atoms with E-state index in [0.29, 0.717) is 0 Å². The Bertz CT molecular complexity index is 422. The predicted octanol–water partition coefficient (Wildman–Crippen LogP) is 1.12. The zero-order valence-corrected chi connectivity index (χ0v) is 10.8. The van der Waals surface area contributed by atoms with Crippen LogP contribution in [0.5, 0.6) is 0 Å². The number of methoxy groups -OCH3 is 1. The number of rotatable bonds is 4. The summed E-state index contributed by atoms with van der Waals surface area (Å²) in [6.07, 6.45) is 2.65. The molecule has 1 saturated heterocycles. The van der Waals surface area contributed by atoms with Crippen molar-refractivity contribution in [1.82, 2.24) is 9.88 Å². The zero-order valence-electron chi connectivity index (χ0n) is 10.8. The number of hydrogen-bond acceptors (Lipinski definition) is 5. The highest BCUT2D eigenvalue weighted by Gasteiger charge is 2.29. The molecule has 0 amide bonds. The molecular formula is C13H19N3O2. The zero-order chi connectivity index (χ0) is 13.0. The monoisotopic (exact) mass is 249 g/mol. The lowest BCUT2D eigenvalue weighted by Gasteiger charge is -2.17. The average Bonchev–Trinajstić information content (AvgIpc) is 2.87. The lowest BCUT2D eigenvalue weighted by atomic mass is 10.1. The first-order valence-electron chi connectivity index (χ1n) is 6.16. The van der Waals surface area contributed by atoms with Gasteiger partial charge in [0.2, 0.25) is 0 Å². The molecule has 0 aliphatic carbocycles. The molecule has 0 bridgehead atoms. The molecule has 0 spiro atoms. The largest absolute Gasteiger partial charge is 0.469 e. The van der Waals surface area contributed by atoms with Gasteiger partial charge in [-0.3, -0.25) is 9.69 Å². The minimum atomic E-state index is -0.0995. The molecule has 2 heterocycles. The first-order valence-corrected chi connectivity index (χ1v) is 6.16. The number of hydrogen-bond donors (Lipinski definition) is 1. The third-order valence-electron chi connectivity index (χ3n) is 3.33. The predicted molar refractivity (Wildman–Crippen MR) is 69.2 cm³/mol. The van der Waals surface area contributed by atoms with Crippen molar-refractivity contribution in [2.24, 2.45) is 5.92 Å². The highest BCUT2D eigenvalue weighted by atomic mass is 16.5. The van der Waals surface area contributed by atoms with Crippen LogP contribution in [-0.2, 0) is 16.1 Å². The van der Waals surface area contributed by atoms with Gasteiger partial charge in [-0.15, -0.1) is 0 Å². The molecule has 2 rings (SSSR count). The third-order valence-corrected chi connectivity index (χ3v) is 3.33. The summed E-state index contributed by atoms with van der Waals surface area (Å²) in [6, 6.07) is 3.99. The van der Waals surface area contributed by atoms with E-state index in [0.717, 1.165) is 37.4 Å². The van der Waals surface area contributed by atoms with Crippen LogP contribution < -0.4 is 5.32 Å². The quantitative estimate of drug-likeness (QED) is 0.810. The van der Waals surface area contributed by atoms with E-state index in [1.807, 2.05) is 13.1 Å². The van der Waals surface area contributed by atoms with E-state index in [4.69, 9.17) is 4.74 Å². The van der Waals surface area contributed by atoms with E-state index in [2.05, 4.69) is 21.3 Å². The van der Waals surface area contributed by atoms with E-state index < -0.39 is 0 Å². The summed E-state index contributed by atoms with van der Waals surface area (Å²) < 4.78 is 4.79. The number of anilines is 1. The Morgan fingerprint density at radius 3 is 3.22 bits per heavy atom. The number of nitrogens with zero attached hydrogens (tertiary/aromatic N) is 2. The van der Waals surface area contributed by atoms with Crippen LogP contribution in [-0.4, -0.2) is 43.1 Å². The number of likely N-dealkylation sites (tertiary alicyclic amines) is 1. The Hall–Kier alpha value is -1.62. The molecule has 1 aromatic rings. The fourth-order valence-corrected chi connectivity index (χ4v) is 2.37. The molecule has 1 unspecified atom stereocenters. The van der Waals surface area contributed by atoms with Crippen LogP contribution in [0, 0.1) is 5.92 Å². The molecule has 0 saturated carbocycles. The van der Waals surface area contributed by atoms with Crippen molar-refractivity contribution in [1.29, 1.82) is 0 Å². The molecule has 1 atom stereocenters. The maximum atomic E-state index is 11.5. The molecule has 0 radical (unpaired) electrons. The van der Waals surface area contributed by atoms with Crippen LogP contribution >= 0.6 is 0 Å². The topological polar surface area (TPSA) is 54.5 Å². The second-order valence-electron chi connectivity index (χ2n) is 4.51. The van der Waals surface area contributed by atoms with Crippen LogP contribution in [0.15, 0.2) is 18.3 Å². The summed E-state index contributed by atoms with van der Waals surface area (Å²) in [5.41, 5.74) is 1.16. The maximum Gasteiger partial charge on any atom is 0.310 e. The highest BCUT2D eigenvalue weighted by molar-refractivity contribution is 5.72. The number of ether oxygens (including phenoxy) is 1. The molecule has 5 nitrogen and oxygen atoms in total. The molecule has 18 heavy (non-hydrogen) atoms. The van der Waals surface area contributed by atoms with Crippen LogP contribution in [0.25, 0.3) is 0 Å². The SMILES string of the molecule is CNc1ncccc1CN1CCC(C(=O)OC)C1. The smallest absolute Gasteiger partial charge is 0.310 e. The molecule has 1 N–H and O–H groups in total.